The molecule has 2 amide bonds. The van der Waals surface area contributed by atoms with E-state index in [1.54, 1.807) is 0 Å². The maximum absolute atomic E-state index is 13.2. The van der Waals surface area contributed by atoms with Crippen molar-refractivity contribution in [2.45, 2.75) is 26.1 Å². The number of rotatable bonds is 2. The summed E-state index contributed by atoms with van der Waals surface area (Å²) in [5.74, 6) is 0.642. The summed E-state index contributed by atoms with van der Waals surface area (Å²) >= 11 is 1.44. The van der Waals surface area contributed by atoms with Crippen LogP contribution in [0.15, 0.2) is 48.5 Å². The van der Waals surface area contributed by atoms with Gasteiger partial charge in [-0.15, -0.1) is 5.10 Å². The van der Waals surface area contributed by atoms with E-state index in [0.29, 0.717) is 25.3 Å². The predicted octanol–water partition coefficient (Wildman–Crippen LogP) is 5.38. The Kier molecular flexibility index (Phi) is 4.89. The second kappa shape index (κ2) is 7.63. The van der Waals surface area contributed by atoms with Gasteiger partial charge in [-0.1, -0.05) is 53.3 Å². The molecule has 1 aliphatic rings. The number of hydrogen-bond acceptors (Lipinski definition) is 4. The number of carbonyl (C=O) groups is 1. The summed E-state index contributed by atoms with van der Waals surface area (Å²) in [5.41, 5.74) is 1.95. The summed E-state index contributed by atoms with van der Waals surface area (Å²) in [6, 6.07) is 12.4. The fourth-order valence-electron chi connectivity index (χ4n) is 3.72. The van der Waals surface area contributed by atoms with Crippen molar-refractivity contribution in [2.24, 2.45) is 0 Å². The van der Waals surface area contributed by atoms with E-state index in [2.05, 4.69) is 15.4 Å². The van der Waals surface area contributed by atoms with Crippen LogP contribution in [0.3, 0.4) is 0 Å². The second-order valence-electron chi connectivity index (χ2n) is 7.61. The Labute approximate surface area is 185 Å². The van der Waals surface area contributed by atoms with Crippen molar-refractivity contribution in [1.29, 1.82) is 0 Å². The van der Waals surface area contributed by atoms with Gasteiger partial charge in [-0.05, 0) is 19.1 Å². The lowest BCUT2D eigenvalue weighted by atomic mass is 10.1. The van der Waals surface area contributed by atoms with E-state index in [4.69, 9.17) is 0 Å². The van der Waals surface area contributed by atoms with Gasteiger partial charge < -0.3 is 10.2 Å². The maximum atomic E-state index is 13.2. The average Bonchev–Trinajstić information content (AvgIpc) is 3.31. The zero-order valence-electron chi connectivity index (χ0n) is 17.0. The quantitative estimate of drug-likeness (QED) is 0.440. The summed E-state index contributed by atoms with van der Waals surface area (Å²) in [6.45, 7) is 2.69. The molecule has 0 aliphatic carbocycles. The van der Waals surface area contributed by atoms with E-state index in [-0.39, 0.29) is 5.69 Å². The van der Waals surface area contributed by atoms with E-state index in [9.17, 15) is 18.0 Å². The van der Waals surface area contributed by atoms with Crippen molar-refractivity contribution in [3.8, 4) is 11.4 Å². The summed E-state index contributed by atoms with van der Waals surface area (Å²) in [7, 11) is 0. The third kappa shape index (κ3) is 3.70. The fourth-order valence-corrected chi connectivity index (χ4v) is 4.84. The molecule has 0 saturated carbocycles. The van der Waals surface area contributed by atoms with Gasteiger partial charge in [-0.25, -0.2) is 9.31 Å². The van der Waals surface area contributed by atoms with Gasteiger partial charge in [0.2, 0.25) is 4.96 Å². The molecule has 32 heavy (non-hydrogen) atoms. The van der Waals surface area contributed by atoms with Gasteiger partial charge in [0.25, 0.3) is 0 Å². The lowest BCUT2D eigenvalue weighted by Gasteiger charge is -2.27. The molecule has 0 spiro atoms. The van der Waals surface area contributed by atoms with Crippen LogP contribution in [0.5, 0.6) is 0 Å². The number of urea groups is 1. The first kappa shape index (κ1) is 20.5. The Hall–Kier alpha value is -3.40. The van der Waals surface area contributed by atoms with Gasteiger partial charge in [0.15, 0.2) is 5.82 Å². The van der Waals surface area contributed by atoms with E-state index in [1.165, 1.54) is 34.4 Å². The number of para-hydroxylation sites is 1. The molecule has 2 aromatic heterocycles. The molecule has 5 rings (SSSR count). The highest BCUT2D eigenvalue weighted by Crippen LogP contribution is 2.35. The molecule has 10 heteroatoms. The SMILES string of the molecule is Cc1ccc(-c2nc3sc4c(n3n2)CCN(C(=O)Nc2ccccc2C(F)(F)F)C4)cc1. The van der Waals surface area contributed by atoms with Crippen LogP contribution in [0, 0.1) is 6.92 Å². The average molecular weight is 457 g/mol. The Morgan fingerprint density at radius 3 is 2.62 bits per heavy atom. The zero-order chi connectivity index (χ0) is 22.5. The molecular weight excluding hydrogens is 439 g/mol. The fraction of sp³-hybridized carbons (Fsp3) is 0.227. The zero-order valence-corrected chi connectivity index (χ0v) is 17.8. The summed E-state index contributed by atoms with van der Waals surface area (Å²) in [5, 5.41) is 7.05. The molecule has 0 bridgehead atoms. The number of nitrogens with zero attached hydrogens (tertiary/aromatic N) is 4. The van der Waals surface area contributed by atoms with Gasteiger partial charge in [-0.2, -0.15) is 18.2 Å². The van der Waals surface area contributed by atoms with Crippen LogP contribution in [0.25, 0.3) is 16.3 Å². The third-order valence-electron chi connectivity index (χ3n) is 5.39. The number of fused-ring (bicyclic) bond motifs is 3. The van der Waals surface area contributed by atoms with Crippen molar-refractivity contribution in [3.63, 3.8) is 0 Å². The lowest BCUT2D eigenvalue weighted by molar-refractivity contribution is -0.136. The number of aromatic nitrogens is 3. The smallest absolute Gasteiger partial charge is 0.319 e. The number of nitrogens with one attached hydrogen (secondary N) is 1. The Bertz CT molecular complexity index is 1310. The first-order chi connectivity index (χ1) is 15.3. The number of alkyl halides is 3. The van der Waals surface area contributed by atoms with Crippen LogP contribution >= 0.6 is 11.3 Å². The van der Waals surface area contributed by atoms with E-state index in [0.717, 1.165) is 32.7 Å². The summed E-state index contributed by atoms with van der Waals surface area (Å²) in [6.07, 6.45) is -4.00. The highest BCUT2D eigenvalue weighted by atomic mass is 32.1. The number of anilines is 1. The number of carbonyl (C=O) groups excluding carboxylic acids is 1. The molecule has 0 atom stereocenters. The Balaban J connectivity index is 1.36. The molecule has 0 saturated heterocycles. The van der Waals surface area contributed by atoms with Gasteiger partial charge >= 0.3 is 12.2 Å². The Morgan fingerprint density at radius 2 is 1.88 bits per heavy atom. The molecular formula is C22H18F3N5OS. The minimum absolute atomic E-state index is 0.249. The van der Waals surface area contributed by atoms with Gasteiger partial charge in [0, 0.05) is 23.4 Å². The highest BCUT2D eigenvalue weighted by molar-refractivity contribution is 7.17. The Morgan fingerprint density at radius 1 is 1.12 bits per heavy atom. The minimum atomic E-state index is -4.54. The molecule has 2 aromatic carbocycles. The van der Waals surface area contributed by atoms with Crippen LogP contribution < -0.4 is 5.32 Å². The van der Waals surface area contributed by atoms with Crippen molar-refractivity contribution >= 4 is 28.0 Å². The number of thiazole rings is 1. The van der Waals surface area contributed by atoms with E-state index >= 15 is 0 Å². The van der Waals surface area contributed by atoms with Crippen LogP contribution in [-0.2, 0) is 19.1 Å². The van der Waals surface area contributed by atoms with Gasteiger partial charge in [0.05, 0.1) is 23.5 Å². The first-order valence-corrected chi connectivity index (χ1v) is 10.8. The van der Waals surface area contributed by atoms with Gasteiger partial charge in [-0.3, -0.25) is 0 Å². The second-order valence-corrected chi connectivity index (χ2v) is 8.67. The molecule has 0 radical (unpaired) electrons. The van der Waals surface area contributed by atoms with Crippen LogP contribution in [0.4, 0.5) is 23.7 Å². The van der Waals surface area contributed by atoms with E-state index < -0.39 is 17.8 Å². The van der Waals surface area contributed by atoms with E-state index in [1.807, 2.05) is 35.7 Å². The number of aryl methyl sites for hydroxylation is 1. The standard InChI is InChI=1S/C22H18F3N5OS/c1-13-6-8-14(9-7-13)19-27-21-30(28-19)17-10-11-29(12-18(17)32-21)20(31)26-16-5-3-2-4-15(16)22(23,24)25/h2-9H,10-12H2,1H3,(H,26,31). The normalized spacial score (nSPS) is 13.9. The monoisotopic (exact) mass is 457 g/mol. The number of benzene rings is 2. The molecule has 6 nitrogen and oxygen atoms in total. The third-order valence-corrected chi connectivity index (χ3v) is 6.45. The first-order valence-electron chi connectivity index (χ1n) is 9.96. The van der Waals surface area contributed by atoms with Crippen LogP contribution in [-0.4, -0.2) is 32.1 Å². The highest BCUT2D eigenvalue weighted by Gasteiger charge is 2.34. The van der Waals surface area contributed by atoms with Crippen molar-refractivity contribution in [1.82, 2.24) is 19.5 Å². The van der Waals surface area contributed by atoms with Crippen molar-refractivity contribution in [3.05, 3.63) is 70.2 Å². The lowest BCUT2D eigenvalue weighted by Crippen LogP contribution is -2.39. The van der Waals surface area contributed by atoms with Crippen LogP contribution in [0.1, 0.15) is 21.7 Å². The van der Waals surface area contributed by atoms with Gasteiger partial charge in [0.1, 0.15) is 0 Å². The number of amides is 2. The summed E-state index contributed by atoms with van der Waals surface area (Å²) < 4.78 is 41.5. The maximum Gasteiger partial charge on any atom is 0.418 e. The number of hydrogen-bond donors (Lipinski definition) is 1. The molecule has 3 heterocycles. The number of halogens is 3. The predicted molar refractivity (Wildman–Crippen MR) is 116 cm³/mol. The largest absolute Gasteiger partial charge is 0.418 e. The summed E-state index contributed by atoms with van der Waals surface area (Å²) in [4.78, 5) is 20.5. The molecule has 1 N–H and O–H groups in total. The topological polar surface area (TPSA) is 62.5 Å². The van der Waals surface area contributed by atoms with Crippen molar-refractivity contribution in [2.75, 3.05) is 11.9 Å². The van der Waals surface area contributed by atoms with Crippen LogP contribution in [0.2, 0.25) is 0 Å². The molecule has 4 aromatic rings. The molecule has 1 aliphatic heterocycles. The minimum Gasteiger partial charge on any atom is -0.319 e. The molecule has 0 unspecified atom stereocenters. The molecule has 164 valence electrons. The molecule has 0 fully saturated rings. The van der Waals surface area contributed by atoms with Crippen molar-refractivity contribution < 1.29 is 18.0 Å².